The number of fused-ring (bicyclic) bond motifs is 1. The molecule has 1 aromatic heterocycles. The third kappa shape index (κ3) is 5.12. The molecule has 0 aliphatic carbocycles. The molecule has 29 heavy (non-hydrogen) atoms. The fourth-order valence-corrected chi connectivity index (χ4v) is 5.03. The number of para-hydroxylation sites is 1. The maximum Gasteiger partial charge on any atom is 0.271 e. The van der Waals surface area contributed by atoms with Crippen molar-refractivity contribution < 1.29 is 4.79 Å². The minimum absolute atomic E-state index is 0.237. The molecule has 7 heteroatoms. The normalized spacial score (nSPS) is 11.2. The Morgan fingerprint density at radius 3 is 2.62 bits per heavy atom. The Morgan fingerprint density at radius 2 is 1.83 bits per heavy atom. The zero-order valence-electron chi connectivity index (χ0n) is 15.2. The van der Waals surface area contributed by atoms with Crippen molar-refractivity contribution in [1.29, 1.82) is 0 Å². The first-order valence-corrected chi connectivity index (χ1v) is 11.4. The van der Waals surface area contributed by atoms with Crippen LogP contribution < -0.4 is 5.43 Å². The molecule has 4 aromatic rings. The van der Waals surface area contributed by atoms with Crippen LogP contribution >= 0.6 is 39.0 Å². The molecule has 144 valence electrons. The van der Waals surface area contributed by atoms with Crippen LogP contribution in [0, 0.1) is 0 Å². The Hall–Kier alpha value is -2.48. The molecule has 0 spiro atoms. The number of hydrazone groups is 1. The van der Waals surface area contributed by atoms with Gasteiger partial charge in [0.25, 0.3) is 5.91 Å². The topological polar surface area (TPSA) is 54.4 Å². The number of halogens is 1. The average molecular weight is 482 g/mol. The van der Waals surface area contributed by atoms with Crippen LogP contribution in [0.25, 0.3) is 10.2 Å². The minimum Gasteiger partial charge on any atom is -0.267 e. The summed E-state index contributed by atoms with van der Waals surface area (Å²) >= 11 is 6.85. The Morgan fingerprint density at radius 1 is 1.07 bits per heavy atom. The summed E-state index contributed by atoms with van der Waals surface area (Å²) < 4.78 is 3.17. The van der Waals surface area contributed by atoms with Crippen LogP contribution in [0.15, 0.2) is 86.7 Å². The highest BCUT2D eigenvalue weighted by Gasteiger charge is 2.07. The van der Waals surface area contributed by atoms with Gasteiger partial charge in [0.2, 0.25) is 0 Å². The molecule has 0 radical (unpaired) electrons. The first kappa shape index (κ1) is 19.8. The highest BCUT2D eigenvalue weighted by atomic mass is 79.9. The van der Waals surface area contributed by atoms with E-state index in [9.17, 15) is 4.79 Å². The number of nitrogens with zero attached hydrogens (tertiary/aromatic N) is 2. The lowest BCUT2D eigenvalue weighted by Crippen LogP contribution is -2.17. The van der Waals surface area contributed by atoms with Crippen LogP contribution in [-0.2, 0) is 5.75 Å². The zero-order valence-corrected chi connectivity index (χ0v) is 18.4. The van der Waals surface area contributed by atoms with E-state index in [-0.39, 0.29) is 5.91 Å². The number of aromatic nitrogens is 1. The van der Waals surface area contributed by atoms with E-state index < -0.39 is 0 Å². The number of hydrogen-bond donors (Lipinski definition) is 1. The molecule has 0 saturated carbocycles. The zero-order chi connectivity index (χ0) is 20.1. The van der Waals surface area contributed by atoms with Crippen molar-refractivity contribution in [3.63, 3.8) is 0 Å². The van der Waals surface area contributed by atoms with Crippen LogP contribution in [0.2, 0.25) is 0 Å². The van der Waals surface area contributed by atoms with Gasteiger partial charge >= 0.3 is 0 Å². The third-order valence-electron chi connectivity index (χ3n) is 4.13. The molecule has 0 saturated heterocycles. The summed E-state index contributed by atoms with van der Waals surface area (Å²) in [6.45, 7) is 0. The minimum atomic E-state index is -0.237. The summed E-state index contributed by atoms with van der Waals surface area (Å²) in [5.41, 5.74) is 6.21. The third-order valence-corrected chi connectivity index (χ3v) is 7.10. The predicted molar refractivity (Wildman–Crippen MR) is 125 cm³/mol. The summed E-state index contributed by atoms with van der Waals surface area (Å²) in [6, 6.07) is 23.4. The quantitative estimate of drug-likeness (QED) is 0.205. The van der Waals surface area contributed by atoms with Crippen LogP contribution in [0.4, 0.5) is 0 Å². The first-order valence-electron chi connectivity index (χ1n) is 8.84. The number of amides is 1. The summed E-state index contributed by atoms with van der Waals surface area (Å²) in [5, 5.41) is 4.03. The van der Waals surface area contributed by atoms with E-state index >= 15 is 0 Å². The van der Waals surface area contributed by atoms with Gasteiger partial charge in [-0.25, -0.2) is 10.4 Å². The Balaban J connectivity index is 1.33. The lowest BCUT2D eigenvalue weighted by atomic mass is 10.1. The number of benzene rings is 3. The molecule has 1 N–H and O–H groups in total. The van der Waals surface area contributed by atoms with Crippen molar-refractivity contribution >= 4 is 61.4 Å². The van der Waals surface area contributed by atoms with Gasteiger partial charge in [-0.1, -0.05) is 70.2 Å². The van der Waals surface area contributed by atoms with Gasteiger partial charge in [0.05, 0.1) is 16.4 Å². The van der Waals surface area contributed by atoms with E-state index in [1.165, 1.54) is 4.70 Å². The second-order valence-electron chi connectivity index (χ2n) is 6.15. The lowest BCUT2D eigenvalue weighted by Gasteiger charge is -2.03. The number of nitrogens with one attached hydrogen (secondary N) is 1. The number of carbonyl (C=O) groups excluding carboxylic acids is 1. The van der Waals surface area contributed by atoms with Gasteiger partial charge < -0.3 is 0 Å². The number of rotatable bonds is 6. The molecule has 1 amide bonds. The highest BCUT2D eigenvalue weighted by Crippen LogP contribution is 2.31. The highest BCUT2D eigenvalue weighted by molar-refractivity contribution is 9.10. The summed E-state index contributed by atoms with van der Waals surface area (Å²) in [6.07, 6.45) is 1.62. The molecule has 0 aliphatic heterocycles. The molecule has 0 unspecified atom stereocenters. The van der Waals surface area contributed by atoms with Crippen LogP contribution in [0.1, 0.15) is 21.5 Å². The fraction of sp³-hybridized carbons (Fsp3) is 0.0455. The Kier molecular flexibility index (Phi) is 6.39. The molecule has 4 nitrogen and oxygen atoms in total. The molecule has 3 aromatic carbocycles. The van der Waals surface area contributed by atoms with Crippen LogP contribution in [0.3, 0.4) is 0 Å². The fourth-order valence-electron chi connectivity index (χ4n) is 2.62. The predicted octanol–water partition coefficient (Wildman–Crippen LogP) is 6.12. The molecule has 0 bridgehead atoms. The van der Waals surface area contributed by atoms with Crippen molar-refractivity contribution in [3.05, 3.63) is 94.0 Å². The van der Waals surface area contributed by atoms with E-state index in [0.717, 1.165) is 31.2 Å². The number of carbonyl (C=O) groups is 1. The summed E-state index contributed by atoms with van der Waals surface area (Å²) in [7, 11) is 0. The van der Waals surface area contributed by atoms with Crippen molar-refractivity contribution in [2.45, 2.75) is 10.1 Å². The van der Waals surface area contributed by atoms with E-state index in [2.05, 4.69) is 37.5 Å². The van der Waals surface area contributed by atoms with E-state index in [1.54, 1.807) is 29.3 Å². The van der Waals surface area contributed by atoms with Crippen LogP contribution in [0.5, 0.6) is 0 Å². The lowest BCUT2D eigenvalue weighted by molar-refractivity contribution is 0.0955. The second kappa shape index (κ2) is 9.35. The molecule has 0 aliphatic rings. The smallest absolute Gasteiger partial charge is 0.267 e. The van der Waals surface area contributed by atoms with Gasteiger partial charge in [-0.2, -0.15) is 5.10 Å². The molecule has 0 fully saturated rings. The van der Waals surface area contributed by atoms with Gasteiger partial charge in [-0.05, 0) is 35.9 Å². The number of thioether (sulfide) groups is 1. The second-order valence-corrected chi connectivity index (χ2v) is 9.26. The monoisotopic (exact) mass is 481 g/mol. The molecular weight excluding hydrogens is 466 g/mol. The van der Waals surface area contributed by atoms with Gasteiger partial charge in [0.1, 0.15) is 0 Å². The largest absolute Gasteiger partial charge is 0.271 e. The maximum absolute atomic E-state index is 12.3. The summed E-state index contributed by atoms with van der Waals surface area (Å²) in [4.78, 5) is 16.9. The maximum atomic E-state index is 12.3. The summed E-state index contributed by atoms with van der Waals surface area (Å²) in [5.74, 6) is 0.570. The molecular formula is C22H16BrN3OS2. The van der Waals surface area contributed by atoms with Gasteiger partial charge in [0.15, 0.2) is 4.34 Å². The van der Waals surface area contributed by atoms with Crippen molar-refractivity contribution in [1.82, 2.24) is 10.4 Å². The van der Waals surface area contributed by atoms with Gasteiger partial charge in [-0.15, -0.1) is 11.3 Å². The Bertz CT molecular complexity index is 1140. The van der Waals surface area contributed by atoms with Crippen molar-refractivity contribution in [2.24, 2.45) is 5.10 Å². The van der Waals surface area contributed by atoms with Gasteiger partial charge in [0, 0.05) is 21.4 Å². The standard InChI is InChI=1S/C22H16BrN3OS2/c23-18-6-2-1-5-17(18)13-24-26-21(27)16-11-9-15(10-12-16)14-28-22-25-19-7-3-4-8-20(19)29-22/h1-13H,14H2,(H,26,27)/b24-13+. The van der Waals surface area contributed by atoms with E-state index in [1.807, 2.05) is 66.7 Å². The molecule has 0 atom stereocenters. The van der Waals surface area contributed by atoms with Crippen molar-refractivity contribution in [3.8, 4) is 0 Å². The van der Waals surface area contributed by atoms with Crippen LogP contribution in [-0.4, -0.2) is 17.1 Å². The first-order chi connectivity index (χ1) is 14.2. The number of hydrogen-bond acceptors (Lipinski definition) is 5. The van der Waals surface area contributed by atoms with Crippen molar-refractivity contribution in [2.75, 3.05) is 0 Å². The SMILES string of the molecule is O=C(N/N=C/c1ccccc1Br)c1ccc(CSc2nc3ccccc3s2)cc1. The Labute approximate surface area is 185 Å². The van der Waals surface area contributed by atoms with E-state index in [4.69, 9.17) is 0 Å². The molecule has 4 rings (SSSR count). The van der Waals surface area contributed by atoms with E-state index in [0.29, 0.717) is 5.56 Å². The number of thiazole rings is 1. The van der Waals surface area contributed by atoms with Gasteiger partial charge in [-0.3, -0.25) is 4.79 Å². The average Bonchev–Trinajstić information content (AvgIpc) is 3.17. The molecule has 1 heterocycles.